The van der Waals surface area contributed by atoms with Gasteiger partial charge in [0.25, 0.3) is 11.8 Å². The molecule has 0 saturated carbocycles. The topological polar surface area (TPSA) is 76.7 Å². The highest BCUT2D eigenvalue weighted by atomic mass is 19.1. The van der Waals surface area contributed by atoms with Crippen molar-refractivity contribution in [2.45, 2.75) is 0 Å². The van der Waals surface area contributed by atoms with E-state index in [0.717, 1.165) is 6.08 Å². The number of fused-ring (bicyclic) bond motifs is 1. The third-order valence-corrected chi connectivity index (χ3v) is 3.25. The molecule has 2 aromatic carbocycles. The third-order valence-electron chi connectivity index (χ3n) is 3.25. The van der Waals surface area contributed by atoms with E-state index < -0.39 is 17.6 Å². The molecule has 3 rings (SSSR count). The van der Waals surface area contributed by atoms with Gasteiger partial charge in [0.1, 0.15) is 5.82 Å². The molecule has 2 aromatic rings. The number of hydrazine groups is 1. The van der Waals surface area contributed by atoms with Crippen LogP contribution < -0.4 is 20.3 Å². The van der Waals surface area contributed by atoms with Crippen LogP contribution in [0.5, 0.6) is 11.5 Å². The van der Waals surface area contributed by atoms with E-state index in [4.69, 9.17) is 9.47 Å². The van der Waals surface area contributed by atoms with Crippen molar-refractivity contribution >= 4 is 17.9 Å². The van der Waals surface area contributed by atoms with Crippen molar-refractivity contribution in [3.05, 3.63) is 65.5 Å². The van der Waals surface area contributed by atoms with Crippen LogP contribution in [0.15, 0.2) is 48.5 Å². The van der Waals surface area contributed by atoms with Gasteiger partial charge in [-0.25, -0.2) is 4.39 Å². The molecule has 0 aromatic heterocycles. The Morgan fingerprint density at radius 2 is 1.83 bits per heavy atom. The molecule has 122 valence electrons. The molecule has 0 radical (unpaired) electrons. The van der Waals surface area contributed by atoms with Gasteiger partial charge in [0.05, 0.1) is 0 Å². The van der Waals surface area contributed by atoms with E-state index in [-0.39, 0.29) is 12.4 Å². The van der Waals surface area contributed by atoms with Crippen molar-refractivity contribution < 1.29 is 23.5 Å². The summed E-state index contributed by atoms with van der Waals surface area (Å²) in [5.74, 6) is -0.518. The second-order valence-corrected chi connectivity index (χ2v) is 4.87. The van der Waals surface area contributed by atoms with Crippen LogP contribution in [0.25, 0.3) is 6.08 Å². The summed E-state index contributed by atoms with van der Waals surface area (Å²) < 4.78 is 23.7. The zero-order valence-corrected chi connectivity index (χ0v) is 12.4. The molecule has 0 aliphatic carbocycles. The van der Waals surface area contributed by atoms with Gasteiger partial charge in [-0.3, -0.25) is 20.4 Å². The Bertz CT molecular complexity index is 820. The van der Waals surface area contributed by atoms with Gasteiger partial charge in [0.2, 0.25) is 6.79 Å². The second kappa shape index (κ2) is 6.82. The Labute approximate surface area is 136 Å². The summed E-state index contributed by atoms with van der Waals surface area (Å²) in [6.45, 7) is 0.109. The van der Waals surface area contributed by atoms with Gasteiger partial charge in [-0.15, -0.1) is 0 Å². The minimum atomic E-state index is -0.590. The largest absolute Gasteiger partial charge is 0.454 e. The van der Waals surface area contributed by atoms with Gasteiger partial charge in [-0.2, -0.15) is 0 Å². The maximum Gasteiger partial charge on any atom is 0.269 e. The Morgan fingerprint density at radius 3 is 2.67 bits per heavy atom. The smallest absolute Gasteiger partial charge is 0.269 e. The first-order valence-electron chi connectivity index (χ1n) is 7.06. The number of rotatable bonds is 3. The number of nitrogens with one attached hydrogen (secondary N) is 2. The molecule has 0 fully saturated rings. The quantitative estimate of drug-likeness (QED) is 0.668. The highest BCUT2D eigenvalue weighted by molar-refractivity contribution is 5.98. The predicted molar refractivity (Wildman–Crippen MR) is 83.6 cm³/mol. The van der Waals surface area contributed by atoms with Gasteiger partial charge < -0.3 is 9.47 Å². The average molecular weight is 328 g/mol. The number of hydrogen-bond donors (Lipinski definition) is 2. The fraction of sp³-hybridized carbons (Fsp3) is 0.0588. The van der Waals surface area contributed by atoms with Crippen LogP contribution in [0.2, 0.25) is 0 Å². The molecular weight excluding hydrogens is 315 g/mol. The number of ether oxygens (including phenoxy) is 2. The van der Waals surface area contributed by atoms with Crippen molar-refractivity contribution in [3.8, 4) is 11.5 Å². The summed E-state index contributed by atoms with van der Waals surface area (Å²) in [5.41, 5.74) is 5.06. The molecule has 0 bridgehead atoms. The molecule has 1 aliphatic heterocycles. The van der Waals surface area contributed by atoms with Crippen molar-refractivity contribution in [3.63, 3.8) is 0 Å². The van der Waals surface area contributed by atoms with Crippen LogP contribution in [0.1, 0.15) is 15.9 Å². The number of benzene rings is 2. The van der Waals surface area contributed by atoms with Crippen LogP contribution in [0, 0.1) is 5.82 Å². The van der Waals surface area contributed by atoms with Crippen LogP contribution in [0.3, 0.4) is 0 Å². The van der Waals surface area contributed by atoms with Crippen LogP contribution in [-0.2, 0) is 4.79 Å². The molecule has 0 saturated heterocycles. The lowest BCUT2D eigenvalue weighted by molar-refractivity contribution is -0.117. The Balaban J connectivity index is 1.56. The summed E-state index contributed by atoms with van der Waals surface area (Å²) in [7, 11) is 0. The SMILES string of the molecule is O=C(/C=C/c1ccccc1F)NNC(=O)c1ccc2c(c1)OCO2. The minimum absolute atomic E-state index is 0.109. The molecule has 2 amide bonds. The van der Waals surface area contributed by atoms with Gasteiger partial charge in [0.15, 0.2) is 11.5 Å². The highest BCUT2D eigenvalue weighted by Crippen LogP contribution is 2.32. The van der Waals surface area contributed by atoms with E-state index in [2.05, 4.69) is 10.9 Å². The second-order valence-electron chi connectivity index (χ2n) is 4.87. The maximum absolute atomic E-state index is 13.4. The van der Waals surface area contributed by atoms with Gasteiger partial charge in [-0.1, -0.05) is 18.2 Å². The first kappa shape index (κ1) is 15.5. The maximum atomic E-state index is 13.4. The average Bonchev–Trinajstić information content (AvgIpc) is 3.06. The fourth-order valence-electron chi connectivity index (χ4n) is 2.05. The molecule has 24 heavy (non-hydrogen) atoms. The number of carbonyl (C=O) groups excluding carboxylic acids is 2. The molecule has 0 atom stereocenters. The molecule has 2 N–H and O–H groups in total. The van der Waals surface area contributed by atoms with E-state index in [9.17, 15) is 14.0 Å². The summed E-state index contributed by atoms with van der Waals surface area (Å²) in [6.07, 6.45) is 2.44. The lowest BCUT2D eigenvalue weighted by atomic mass is 10.2. The fourth-order valence-corrected chi connectivity index (χ4v) is 2.05. The van der Waals surface area contributed by atoms with Crippen LogP contribution in [-0.4, -0.2) is 18.6 Å². The Morgan fingerprint density at radius 1 is 1.04 bits per heavy atom. The molecular formula is C17H13FN2O4. The summed E-state index contributed by atoms with van der Waals surface area (Å²) in [4.78, 5) is 23.6. The first-order chi connectivity index (χ1) is 11.6. The normalized spacial score (nSPS) is 12.2. The van der Waals surface area contributed by atoms with Crippen molar-refractivity contribution in [1.29, 1.82) is 0 Å². The monoisotopic (exact) mass is 328 g/mol. The number of carbonyl (C=O) groups is 2. The molecule has 1 aliphatic rings. The minimum Gasteiger partial charge on any atom is -0.454 e. The summed E-state index contributed by atoms with van der Waals surface area (Å²) in [5, 5.41) is 0. The van der Waals surface area contributed by atoms with E-state index >= 15 is 0 Å². The van der Waals surface area contributed by atoms with Gasteiger partial charge in [0, 0.05) is 17.2 Å². The lowest BCUT2D eigenvalue weighted by Crippen LogP contribution is -2.40. The number of halogens is 1. The van der Waals surface area contributed by atoms with E-state index in [0.29, 0.717) is 17.1 Å². The lowest BCUT2D eigenvalue weighted by Gasteiger charge is -2.06. The highest BCUT2D eigenvalue weighted by Gasteiger charge is 2.16. The molecule has 7 heteroatoms. The Hall–Kier alpha value is -3.35. The molecule has 1 heterocycles. The van der Waals surface area contributed by atoms with E-state index in [1.54, 1.807) is 24.3 Å². The van der Waals surface area contributed by atoms with E-state index in [1.807, 2.05) is 0 Å². The van der Waals surface area contributed by atoms with Crippen molar-refractivity contribution in [1.82, 2.24) is 10.9 Å². The third kappa shape index (κ3) is 3.52. The summed E-state index contributed by atoms with van der Waals surface area (Å²) >= 11 is 0. The zero-order chi connectivity index (χ0) is 16.9. The van der Waals surface area contributed by atoms with Crippen molar-refractivity contribution in [2.75, 3.05) is 6.79 Å². The molecule has 0 unspecified atom stereocenters. The van der Waals surface area contributed by atoms with Crippen LogP contribution >= 0.6 is 0 Å². The Kier molecular flexibility index (Phi) is 4.42. The molecule has 6 nitrogen and oxygen atoms in total. The van der Waals surface area contributed by atoms with E-state index in [1.165, 1.54) is 24.3 Å². The standard InChI is InChI=1S/C17H13FN2O4/c18-13-4-2-1-3-11(13)6-8-16(21)19-20-17(22)12-5-7-14-15(9-12)24-10-23-14/h1-9H,10H2,(H,19,21)(H,20,22)/b8-6+. The zero-order valence-electron chi connectivity index (χ0n) is 12.4. The number of amides is 2. The number of hydrogen-bond acceptors (Lipinski definition) is 4. The van der Waals surface area contributed by atoms with Crippen molar-refractivity contribution in [2.24, 2.45) is 0 Å². The summed E-state index contributed by atoms with van der Waals surface area (Å²) in [6, 6.07) is 10.7. The predicted octanol–water partition coefficient (Wildman–Crippen LogP) is 2.03. The van der Waals surface area contributed by atoms with Gasteiger partial charge >= 0.3 is 0 Å². The first-order valence-corrected chi connectivity index (χ1v) is 7.06. The van der Waals surface area contributed by atoms with Gasteiger partial charge in [-0.05, 0) is 30.3 Å². The van der Waals surface area contributed by atoms with Crippen LogP contribution in [0.4, 0.5) is 4.39 Å². The molecule has 0 spiro atoms.